The Bertz CT molecular complexity index is 942. The second-order valence-electron chi connectivity index (χ2n) is 5.69. The van der Waals surface area contributed by atoms with Crippen LogP contribution < -0.4 is 0 Å². The number of cyclic esters (lactones) is 1. The Morgan fingerprint density at radius 2 is 1.65 bits per heavy atom. The van der Waals surface area contributed by atoms with E-state index >= 15 is 0 Å². The molecule has 0 aliphatic carbocycles. The van der Waals surface area contributed by atoms with Crippen molar-refractivity contribution in [1.82, 2.24) is 14.8 Å². The van der Waals surface area contributed by atoms with Gasteiger partial charge in [-0.2, -0.15) is 0 Å². The van der Waals surface area contributed by atoms with Gasteiger partial charge >= 0.3 is 5.97 Å². The molecule has 0 N–H and O–H groups in total. The predicted octanol–water partition coefficient (Wildman–Crippen LogP) is 4.65. The average molecular weight is 406 g/mol. The highest BCUT2D eigenvalue weighted by Crippen LogP contribution is 2.33. The van der Waals surface area contributed by atoms with Crippen LogP contribution >= 0.6 is 35.0 Å². The van der Waals surface area contributed by atoms with Crippen LogP contribution in [-0.2, 0) is 9.53 Å². The summed E-state index contributed by atoms with van der Waals surface area (Å²) in [6.45, 7) is 0.440. The molecule has 1 aliphatic rings. The number of aromatic nitrogens is 3. The maximum absolute atomic E-state index is 11.9. The number of rotatable bonds is 4. The lowest BCUT2D eigenvalue weighted by Crippen LogP contribution is -2.11. The topological polar surface area (TPSA) is 57.0 Å². The highest BCUT2D eigenvalue weighted by atomic mass is 35.5. The summed E-state index contributed by atoms with van der Waals surface area (Å²) in [5, 5.41) is 10.3. The zero-order chi connectivity index (χ0) is 18.1. The van der Waals surface area contributed by atoms with Crippen molar-refractivity contribution in [3.63, 3.8) is 0 Å². The van der Waals surface area contributed by atoms with Crippen molar-refractivity contribution in [2.45, 2.75) is 16.8 Å². The van der Waals surface area contributed by atoms with Gasteiger partial charge in [-0.05, 0) is 48.5 Å². The van der Waals surface area contributed by atoms with Crippen LogP contribution in [0.5, 0.6) is 0 Å². The quantitative estimate of drug-likeness (QED) is 0.591. The summed E-state index contributed by atoms with van der Waals surface area (Å²) in [6.07, 6.45) is 0.660. The molecule has 0 bridgehead atoms. The lowest BCUT2D eigenvalue weighted by Gasteiger charge is -2.12. The molecule has 1 saturated heterocycles. The van der Waals surface area contributed by atoms with E-state index in [4.69, 9.17) is 27.9 Å². The van der Waals surface area contributed by atoms with Gasteiger partial charge in [0.1, 0.15) is 5.25 Å². The summed E-state index contributed by atoms with van der Waals surface area (Å²) in [5.41, 5.74) is 1.73. The Labute approximate surface area is 164 Å². The number of esters is 1. The number of nitrogens with zero attached hydrogens (tertiary/aromatic N) is 3. The van der Waals surface area contributed by atoms with Gasteiger partial charge in [-0.25, -0.2) is 0 Å². The lowest BCUT2D eigenvalue weighted by molar-refractivity contribution is -0.137. The summed E-state index contributed by atoms with van der Waals surface area (Å²) in [6, 6.07) is 14.8. The van der Waals surface area contributed by atoms with Gasteiger partial charge in [0, 0.05) is 27.7 Å². The summed E-state index contributed by atoms with van der Waals surface area (Å²) in [7, 11) is 0. The molecule has 26 heavy (non-hydrogen) atoms. The minimum Gasteiger partial charge on any atom is -0.465 e. The number of hydrogen-bond acceptors (Lipinski definition) is 5. The monoisotopic (exact) mass is 405 g/mol. The minimum absolute atomic E-state index is 0.214. The average Bonchev–Trinajstić information content (AvgIpc) is 3.24. The van der Waals surface area contributed by atoms with Crippen molar-refractivity contribution in [2.75, 3.05) is 6.61 Å². The molecule has 132 valence electrons. The van der Waals surface area contributed by atoms with Gasteiger partial charge in [-0.1, -0.05) is 35.0 Å². The van der Waals surface area contributed by atoms with Gasteiger partial charge in [0.15, 0.2) is 11.0 Å². The number of carbonyl (C=O) groups is 1. The van der Waals surface area contributed by atoms with Crippen molar-refractivity contribution in [3.05, 3.63) is 58.6 Å². The summed E-state index contributed by atoms with van der Waals surface area (Å²) >= 11 is 13.4. The molecule has 3 aromatic rings. The van der Waals surface area contributed by atoms with E-state index in [0.717, 1.165) is 11.3 Å². The van der Waals surface area contributed by atoms with E-state index in [1.54, 1.807) is 24.3 Å². The molecule has 0 amide bonds. The maximum atomic E-state index is 11.9. The van der Waals surface area contributed by atoms with Crippen LogP contribution in [0.1, 0.15) is 6.42 Å². The molecule has 4 rings (SSSR count). The van der Waals surface area contributed by atoms with Gasteiger partial charge in [-0.3, -0.25) is 9.36 Å². The zero-order valence-electron chi connectivity index (χ0n) is 13.4. The fourth-order valence-electron chi connectivity index (χ4n) is 2.67. The molecule has 1 fully saturated rings. The molecule has 0 saturated carbocycles. The van der Waals surface area contributed by atoms with Gasteiger partial charge in [0.2, 0.25) is 0 Å². The van der Waals surface area contributed by atoms with Gasteiger partial charge < -0.3 is 4.74 Å². The third-order valence-electron chi connectivity index (χ3n) is 3.96. The second-order valence-corrected chi connectivity index (χ2v) is 7.73. The van der Waals surface area contributed by atoms with Crippen molar-refractivity contribution in [1.29, 1.82) is 0 Å². The molecular formula is C18H13Cl2N3O2S. The Morgan fingerprint density at radius 1 is 1.00 bits per heavy atom. The first-order valence-electron chi connectivity index (χ1n) is 7.92. The van der Waals surface area contributed by atoms with E-state index in [1.165, 1.54) is 11.8 Å². The smallest absolute Gasteiger partial charge is 0.319 e. The third-order valence-corrected chi connectivity index (χ3v) is 5.65. The molecule has 5 nitrogen and oxygen atoms in total. The first-order chi connectivity index (χ1) is 12.6. The minimum atomic E-state index is -0.275. The van der Waals surface area contributed by atoms with Crippen molar-refractivity contribution < 1.29 is 9.53 Å². The maximum Gasteiger partial charge on any atom is 0.319 e. The third kappa shape index (κ3) is 3.45. The Hall–Kier alpha value is -2.02. The Balaban J connectivity index is 1.80. The molecular weight excluding hydrogens is 393 g/mol. The SMILES string of the molecule is O=C1OCCC1Sc1nnc(-c2ccc(Cl)cc2)n1-c1ccc(Cl)cc1. The summed E-state index contributed by atoms with van der Waals surface area (Å²) < 4.78 is 6.97. The van der Waals surface area contributed by atoms with E-state index < -0.39 is 0 Å². The number of thioether (sulfide) groups is 1. The van der Waals surface area contributed by atoms with Crippen LogP contribution in [0.25, 0.3) is 17.1 Å². The number of carbonyl (C=O) groups excluding carboxylic acids is 1. The first kappa shape index (κ1) is 17.4. The van der Waals surface area contributed by atoms with Crippen LogP contribution in [0, 0.1) is 0 Å². The van der Waals surface area contributed by atoms with E-state index in [0.29, 0.717) is 34.1 Å². The highest BCUT2D eigenvalue weighted by Gasteiger charge is 2.30. The normalized spacial score (nSPS) is 16.7. The summed E-state index contributed by atoms with van der Waals surface area (Å²) in [5.74, 6) is 0.451. The Kier molecular flexibility index (Phi) is 4.89. The van der Waals surface area contributed by atoms with Crippen LogP contribution in [0.15, 0.2) is 53.7 Å². The van der Waals surface area contributed by atoms with Gasteiger partial charge in [-0.15, -0.1) is 10.2 Å². The van der Waals surface area contributed by atoms with Crippen LogP contribution in [0.3, 0.4) is 0 Å². The van der Waals surface area contributed by atoms with Crippen molar-refractivity contribution in [2.24, 2.45) is 0 Å². The van der Waals surface area contributed by atoms with E-state index in [-0.39, 0.29) is 11.2 Å². The molecule has 0 radical (unpaired) electrons. The number of benzene rings is 2. The van der Waals surface area contributed by atoms with E-state index in [9.17, 15) is 4.79 Å². The zero-order valence-corrected chi connectivity index (χ0v) is 15.8. The van der Waals surface area contributed by atoms with Crippen LogP contribution in [0.4, 0.5) is 0 Å². The van der Waals surface area contributed by atoms with E-state index in [2.05, 4.69) is 10.2 Å². The molecule has 2 heterocycles. The number of hydrogen-bond donors (Lipinski definition) is 0. The molecule has 1 aromatic heterocycles. The standard InChI is InChI=1S/C18H13Cl2N3O2S/c19-12-3-1-11(2-4-12)16-21-22-18(26-15-9-10-25-17(15)24)23(16)14-7-5-13(20)6-8-14/h1-8,15H,9-10H2. The molecule has 2 aromatic carbocycles. The van der Waals surface area contributed by atoms with Gasteiger partial charge in [0.25, 0.3) is 0 Å². The largest absolute Gasteiger partial charge is 0.465 e. The molecule has 8 heteroatoms. The molecule has 1 atom stereocenters. The lowest BCUT2D eigenvalue weighted by atomic mass is 10.2. The first-order valence-corrected chi connectivity index (χ1v) is 9.56. The fraction of sp³-hybridized carbons (Fsp3) is 0.167. The van der Waals surface area contributed by atoms with Crippen molar-refractivity contribution >= 4 is 40.9 Å². The number of ether oxygens (including phenoxy) is 1. The predicted molar refractivity (Wildman–Crippen MR) is 102 cm³/mol. The van der Waals surface area contributed by atoms with Crippen molar-refractivity contribution in [3.8, 4) is 17.1 Å². The van der Waals surface area contributed by atoms with Gasteiger partial charge in [0.05, 0.1) is 6.61 Å². The number of halogens is 2. The molecule has 1 aliphatic heterocycles. The molecule has 1 unspecified atom stereocenters. The second kappa shape index (κ2) is 7.31. The van der Waals surface area contributed by atoms with Crippen LogP contribution in [0.2, 0.25) is 10.0 Å². The molecule has 0 spiro atoms. The fourth-order valence-corrected chi connectivity index (χ4v) is 3.94. The highest BCUT2D eigenvalue weighted by molar-refractivity contribution is 8.00. The summed E-state index contributed by atoms with van der Waals surface area (Å²) in [4.78, 5) is 11.9. The van der Waals surface area contributed by atoms with Crippen LogP contribution in [-0.4, -0.2) is 32.6 Å². The Morgan fingerprint density at radius 3 is 2.27 bits per heavy atom. The van der Waals surface area contributed by atoms with E-state index in [1.807, 2.05) is 28.8 Å².